The number of ether oxygens (including phenoxy) is 2. The fourth-order valence-electron chi connectivity index (χ4n) is 5.96. The Balaban J connectivity index is 1.64. The molecule has 194 valence electrons. The highest BCUT2D eigenvalue weighted by atomic mass is 79.9. The quantitative estimate of drug-likeness (QED) is 0.366. The SMILES string of the molecule is COc1cc(C2C3=C(CCCC3=O)N(CCc3ccccc3)C3=C2C(=O)CCC3)cc(Br)c1OC(C)C. The van der Waals surface area contributed by atoms with E-state index in [-0.39, 0.29) is 23.6 Å². The molecule has 37 heavy (non-hydrogen) atoms. The lowest BCUT2D eigenvalue weighted by Crippen LogP contribution is -2.40. The number of hydrogen-bond donors (Lipinski definition) is 0. The molecule has 0 spiro atoms. The Morgan fingerprint density at radius 2 is 1.57 bits per heavy atom. The van der Waals surface area contributed by atoms with E-state index in [0.29, 0.717) is 24.3 Å². The fraction of sp³-hybridized carbons (Fsp3) is 0.419. The van der Waals surface area contributed by atoms with Crippen LogP contribution in [0.25, 0.3) is 0 Å². The van der Waals surface area contributed by atoms with Crippen LogP contribution >= 0.6 is 15.9 Å². The average molecular weight is 565 g/mol. The van der Waals surface area contributed by atoms with Crippen LogP contribution in [-0.4, -0.2) is 36.2 Å². The molecule has 3 aliphatic rings. The normalized spacial score (nSPS) is 18.4. The number of carbonyl (C=O) groups is 2. The van der Waals surface area contributed by atoms with Gasteiger partial charge in [-0.05, 0) is 85.1 Å². The molecule has 0 saturated carbocycles. The van der Waals surface area contributed by atoms with Gasteiger partial charge in [0.15, 0.2) is 23.1 Å². The number of rotatable bonds is 7. The molecular weight excluding hydrogens is 530 g/mol. The molecule has 0 radical (unpaired) electrons. The Morgan fingerprint density at radius 3 is 2.14 bits per heavy atom. The first-order valence-electron chi connectivity index (χ1n) is 13.3. The van der Waals surface area contributed by atoms with E-state index in [2.05, 4.69) is 45.1 Å². The standard InChI is InChI=1S/C31H34BrNO4/c1-19(2)37-31-22(32)17-21(18-27(31)36-3)28-29-23(11-7-13-25(29)34)33(16-15-20-9-5-4-6-10-20)24-12-8-14-26(35)30(24)28/h4-6,9-10,17-19,28H,7-8,11-16H2,1-3H3. The van der Waals surface area contributed by atoms with E-state index in [1.54, 1.807) is 7.11 Å². The summed E-state index contributed by atoms with van der Waals surface area (Å²) in [4.78, 5) is 29.5. The molecule has 0 N–H and O–H groups in total. The van der Waals surface area contributed by atoms with E-state index in [4.69, 9.17) is 9.47 Å². The lowest BCUT2D eigenvalue weighted by Gasteiger charge is -2.44. The number of carbonyl (C=O) groups excluding carboxylic acids is 2. The average Bonchev–Trinajstić information content (AvgIpc) is 2.88. The molecule has 0 amide bonds. The first kappa shape index (κ1) is 25.8. The van der Waals surface area contributed by atoms with Gasteiger partial charge in [-0.25, -0.2) is 0 Å². The van der Waals surface area contributed by atoms with Gasteiger partial charge in [0, 0.05) is 47.8 Å². The van der Waals surface area contributed by atoms with Gasteiger partial charge in [-0.15, -0.1) is 0 Å². The van der Waals surface area contributed by atoms with E-state index < -0.39 is 0 Å². The number of hydrogen-bond acceptors (Lipinski definition) is 5. The Labute approximate surface area is 227 Å². The third kappa shape index (κ3) is 5.00. The highest BCUT2D eigenvalue weighted by Crippen LogP contribution is 2.51. The van der Waals surface area contributed by atoms with Gasteiger partial charge in [-0.1, -0.05) is 30.3 Å². The Bertz CT molecular complexity index is 1230. The summed E-state index contributed by atoms with van der Waals surface area (Å²) in [5, 5.41) is 0. The van der Waals surface area contributed by atoms with Crippen LogP contribution in [0.1, 0.15) is 69.4 Å². The summed E-state index contributed by atoms with van der Waals surface area (Å²) in [6, 6.07) is 14.4. The van der Waals surface area contributed by atoms with E-state index in [9.17, 15) is 9.59 Å². The van der Waals surface area contributed by atoms with Crippen molar-refractivity contribution >= 4 is 27.5 Å². The summed E-state index contributed by atoms with van der Waals surface area (Å²) < 4.78 is 12.5. The molecule has 0 aromatic heterocycles. The maximum absolute atomic E-state index is 13.6. The molecule has 1 heterocycles. The van der Waals surface area contributed by atoms with E-state index in [1.807, 2.05) is 32.0 Å². The summed E-state index contributed by atoms with van der Waals surface area (Å²) in [5.74, 6) is 1.16. The zero-order chi connectivity index (χ0) is 26.1. The van der Waals surface area contributed by atoms with Gasteiger partial charge in [-0.2, -0.15) is 0 Å². The Kier molecular flexibility index (Phi) is 7.57. The lowest BCUT2D eigenvalue weighted by atomic mass is 9.71. The minimum absolute atomic E-state index is 0.0210. The van der Waals surface area contributed by atoms with Crippen molar-refractivity contribution in [2.24, 2.45) is 0 Å². The molecule has 0 saturated heterocycles. The van der Waals surface area contributed by atoms with Gasteiger partial charge < -0.3 is 14.4 Å². The van der Waals surface area contributed by atoms with E-state index >= 15 is 0 Å². The maximum Gasteiger partial charge on any atom is 0.175 e. The summed E-state index contributed by atoms with van der Waals surface area (Å²) in [6.45, 7) is 4.71. The highest BCUT2D eigenvalue weighted by molar-refractivity contribution is 9.10. The summed E-state index contributed by atoms with van der Waals surface area (Å²) in [7, 11) is 1.62. The molecule has 0 fully saturated rings. The summed E-state index contributed by atoms with van der Waals surface area (Å²) in [5.41, 5.74) is 5.94. The zero-order valence-corrected chi connectivity index (χ0v) is 23.4. The van der Waals surface area contributed by atoms with Crippen molar-refractivity contribution in [1.29, 1.82) is 0 Å². The van der Waals surface area contributed by atoms with E-state index in [1.165, 1.54) is 5.56 Å². The van der Waals surface area contributed by atoms with E-state index in [0.717, 1.165) is 71.2 Å². The number of ketones is 2. The second kappa shape index (κ2) is 10.9. The number of allylic oxidation sites excluding steroid dienone is 4. The van der Waals surface area contributed by atoms with Gasteiger partial charge >= 0.3 is 0 Å². The van der Waals surface area contributed by atoms with Crippen LogP contribution in [0.5, 0.6) is 11.5 Å². The number of nitrogens with zero attached hydrogens (tertiary/aromatic N) is 1. The maximum atomic E-state index is 13.6. The van der Waals surface area contributed by atoms with Gasteiger partial charge in [-0.3, -0.25) is 9.59 Å². The molecule has 0 unspecified atom stereocenters. The van der Waals surface area contributed by atoms with Crippen LogP contribution in [0.3, 0.4) is 0 Å². The molecule has 5 nitrogen and oxygen atoms in total. The Hall–Kier alpha value is -2.86. The first-order valence-corrected chi connectivity index (χ1v) is 14.1. The van der Waals surface area contributed by atoms with Crippen molar-refractivity contribution in [2.75, 3.05) is 13.7 Å². The van der Waals surface area contributed by atoms with Crippen LogP contribution < -0.4 is 9.47 Å². The number of halogens is 1. The molecule has 5 rings (SSSR count). The molecule has 2 aromatic carbocycles. The molecule has 0 bridgehead atoms. The smallest absolute Gasteiger partial charge is 0.175 e. The van der Waals surface area contributed by atoms with Crippen LogP contribution in [0.4, 0.5) is 0 Å². The molecule has 2 aliphatic carbocycles. The topological polar surface area (TPSA) is 55.8 Å². The summed E-state index contributed by atoms with van der Waals surface area (Å²) in [6.07, 6.45) is 5.27. The van der Waals surface area contributed by atoms with Gasteiger partial charge in [0.1, 0.15) is 0 Å². The third-order valence-corrected chi connectivity index (χ3v) is 8.08. The zero-order valence-electron chi connectivity index (χ0n) is 21.8. The van der Waals surface area contributed by atoms with Crippen molar-refractivity contribution in [1.82, 2.24) is 4.90 Å². The minimum Gasteiger partial charge on any atom is -0.493 e. The molecule has 0 atom stereocenters. The van der Waals surface area contributed by atoms with Gasteiger partial charge in [0.25, 0.3) is 0 Å². The number of methoxy groups -OCH3 is 1. The minimum atomic E-state index is -0.378. The van der Waals surface area contributed by atoms with Crippen LogP contribution in [0.15, 0.2) is 69.5 Å². The summed E-state index contributed by atoms with van der Waals surface area (Å²) >= 11 is 3.69. The predicted octanol–water partition coefficient (Wildman–Crippen LogP) is 6.90. The van der Waals surface area contributed by atoms with Crippen molar-refractivity contribution < 1.29 is 19.1 Å². The van der Waals surface area contributed by atoms with Gasteiger partial charge in [0.2, 0.25) is 0 Å². The molecule has 6 heteroatoms. The molecule has 1 aliphatic heterocycles. The highest BCUT2D eigenvalue weighted by Gasteiger charge is 2.43. The predicted molar refractivity (Wildman–Crippen MR) is 148 cm³/mol. The lowest BCUT2D eigenvalue weighted by molar-refractivity contribution is -0.117. The largest absolute Gasteiger partial charge is 0.493 e. The number of Topliss-reactive ketones (excluding diaryl/α,β-unsaturated/α-hetero) is 2. The molecular formula is C31H34BrNO4. The van der Waals surface area contributed by atoms with Crippen LogP contribution in [-0.2, 0) is 16.0 Å². The van der Waals surface area contributed by atoms with Crippen molar-refractivity contribution in [3.63, 3.8) is 0 Å². The van der Waals surface area contributed by atoms with Gasteiger partial charge in [0.05, 0.1) is 17.7 Å². The molecule has 2 aromatic rings. The van der Waals surface area contributed by atoms with Crippen molar-refractivity contribution in [3.8, 4) is 11.5 Å². The Morgan fingerprint density at radius 1 is 0.946 bits per heavy atom. The van der Waals surface area contributed by atoms with Crippen molar-refractivity contribution in [2.45, 2.75) is 70.8 Å². The van der Waals surface area contributed by atoms with Crippen LogP contribution in [0.2, 0.25) is 0 Å². The first-order chi connectivity index (χ1) is 17.9. The number of benzene rings is 2. The fourth-order valence-corrected chi connectivity index (χ4v) is 6.52. The second-order valence-corrected chi connectivity index (χ2v) is 11.1. The monoisotopic (exact) mass is 563 g/mol. The van der Waals surface area contributed by atoms with Crippen molar-refractivity contribution in [3.05, 3.63) is 80.6 Å². The van der Waals surface area contributed by atoms with Crippen LogP contribution in [0, 0.1) is 0 Å². The third-order valence-electron chi connectivity index (χ3n) is 7.49. The second-order valence-electron chi connectivity index (χ2n) is 10.3.